The van der Waals surface area contributed by atoms with Crippen LogP contribution in [0.4, 0.5) is 0 Å². The Kier molecular flexibility index (Phi) is 7.39. The molecule has 0 amide bonds. The van der Waals surface area contributed by atoms with Crippen molar-refractivity contribution in [2.45, 2.75) is 89.6 Å². The van der Waals surface area contributed by atoms with Crippen molar-refractivity contribution in [3.05, 3.63) is 47.8 Å². The summed E-state index contributed by atoms with van der Waals surface area (Å²) in [6, 6.07) is 0. The maximum atomic E-state index is 6.81. The predicted molar refractivity (Wildman–Crippen MR) is 137 cm³/mol. The lowest BCUT2D eigenvalue weighted by Gasteiger charge is -2.53. The zero-order valence-corrected chi connectivity index (χ0v) is 21.7. The Morgan fingerprint density at radius 1 is 1.03 bits per heavy atom. The molecule has 4 nitrogen and oxygen atoms in total. The first-order valence-corrected chi connectivity index (χ1v) is 13.8. The van der Waals surface area contributed by atoms with E-state index in [-0.39, 0.29) is 11.7 Å². The zero-order chi connectivity index (χ0) is 23.7. The molecular formula is C30H45NO3. The quantitative estimate of drug-likeness (QED) is 0.426. The molecule has 4 heteroatoms. The topological polar surface area (TPSA) is 30.9 Å². The van der Waals surface area contributed by atoms with Gasteiger partial charge in [-0.3, -0.25) is 4.90 Å². The number of ether oxygens (including phenoxy) is 3. The molecule has 0 radical (unpaired) electrons. The maximum absolute atomic E-state index is 6.81. The Morgan fingerprint density at radius 3 is 2.56 bits per heavy atom. The predicted octanol–water partition coefficient (Wildman–Crippen LogP) is 6.06. The minimum atomic E-state index is -0.185. The number of nitrogens with zero attached hydrogens (tertiary/aromatic N) is 1. The van der Waals surface area contributed by atoms with E-state index in [1.807, 2.05) is 7.11 Å². The first-order chi connectivity index (χ1) is 16.5. The van der Waals surface area contributed by atoms with Crippen molar-refractivity contribution in [2.24, 2.45) is 23.7 Å². The molecule has 188 valence electrons. The number of allylic oxidation sites excluding steroid dienone is 6. The van der Waals surface area contributed by atoms with Gasteiger partial charge in [0.15, 0.2) is 0 Å². The summed E-state index contributed by atoms with van der Waals surface area (Å²) in [5.41, 5.74) is 1.40. The molecule has 0 saturated carbocycles. The van der Waals surface area contributed by atoms with Gasteiger partial charge in [0.2, 0.25) is 0 Å². The number of likely N-dealkylation sites (tertiary alicyclic amines) is 1. The SMILES string of the molecule is CCCN1CC(O[C@H]2C=C[C@@H](C3C4=C(C[C@@H](OC)CC4)OC(C)(C)[C@H]3[C@H]3C=CC=CC3)CC2)C1. The van der Waals surface area contributed by atoms with E-state index < -0.39 is 0 Å². The summed E-state index contributed by atoms with van der Waals surface area (Å²) < 4.78 is 19.0. The third-order valence-electron chi connectivity index (χ3n) is 8.94. The van der Waals surface area contributed by atoms with Crippen LogP contribution in [0.25, 0.3) is 0 Å². The Morgan fingerprint density at radius 2 is 1.88 bits per heavy atom. The number of rotatable bonds is 7. The molecule has 1 unspecified atom stereocenters. The van der Waals surface area contributed by atoms with Crippen LogP contribution in [0.1, 0.15) is 65.7 Å². The van der Waals surface area contributed by atoms with Gasteiger partial charge in [-0.1, -0.05) is 43.4 Å². The summed E-state index contributed by atoms with van der Waals surface area (Å²) in [7, 11) is 1.84. The van der Waals surface area contributed by atoms with E-state index >= 15 is 0 Å². The maximum Gasteiger partial charge on any atom is 0.107 e. The summed E-state index contributed by atoms with van der Waals surface area (Å²) in [4.78, 5) is 2.51. The Balaban J connectivity index is 1.35. The van der Waals surface area contributed by atoms with Crippen LogP contribution in [0.2, 0.25) is 0 Å². The van der Waals surface area contributed by atoms with Gasteiger partial charge in [0.25, 0.3) is 0 Å². The van der Waals surface area contributed by atoms with Crippen molar-refractivity contribution >= 4 is 0 Å². The largest absolute Gasteiger partial charge is 0.492 e. The van der Waals surface area contributed by atoms with E-state index in [4.69, 9.17) is 14.2 Å². The molecule has 0 N–H and O–H groups in total. The molecule has 3 aliphatic carbocycles. The van der Waals surface area contributed by atoms with Crippen molar-refractivity contribution in [1.29, 1.82) is 0 Å². The zero-order valence-electron chi connectivity index (χ0n) is 21.7. The highest BCUT2D eigenvalue weighted by Crippen LogP contribution is 2.54. The first kappa shape index (κ1) is 24.3. The lowest BCUT2D eigenvalue weighted by molar-refractivity contribution is -0.0992. The van der Waals surface area contributed by atoms with Crippen LogP contribution in [-0.4, -0.2) is 55.6 Å². The molecule has 0 aromatic heterocycles. The highest BCUT2D eigenvalue weighted by Gasteiger charge is 2.51. The Labute approximate surface area is 207 Å². The molecule has 2 aliphatic heterocycles. The van der Waals surface area contributed by atoms with Gasteiger partial charge in [0.05, 0.1) is 24.1 Å². The average Bonchev–Trinajstić information content (AvgIpc) is 2.82. The van der Waals surface area contributed by atoms with E-state index in [2.05, 4.69) is 62.1 Å². The van der Waals surface area contributed by atoms with Crippen molar-refractivity contribution < 1.29 is 14.2 Å². The van der Waals surface area contributed by atoms with Crippen molar-refractivity contribution in [1.82, 2.24) is 4.90 Å². The fourth-order valence-corrected chi connectivity index (χ4v) is 7.35. The van der Waals surface area contributed by atoms with Crippen LogP contribution in [0.3, 0.4) is 0 Å². The van der Waals surface area contributed by atoms with Crippen LogP contribution < -0.4 is 0 Å². The van der Waals surface area contributed by atoms with E-state index in [1.54, 1.807) is 5.57 Å². The number of hydrogen-bond acceptors (Lipinski definition) is 4. The summed E-state index contributed by atoms with van der Waals surface area (Å²) in [6.07, 6.45) is 23.0. The molecule has 6 atom stereocenters. The van der Waals surface area contributed by atoms with E-state index in [9.17, 15) is 0 Å². The fraction of sp³-hybridized carbons (Fsp3) is 0.733. The van der Waals surface area contributed by atoms with Gasteiger partial charge >= 0.3 is 0 Å². The van der Waals surface area contributed by atoms with Crippen LogP contribution in [-0.2, 0) is 14.2 Å². The van der Waals surface area contributed by atoms with Gasteiger partial charge in [0, 0.05) is 32.5 Å². The van der Waals surface area contributed by atoms with Gasteiger partial charge in [-0.05, 0) is 82.2 Å². The second kappa shape index (κ2) is 10.3. The highest BCUT2D eigenvalue weighted by molar-refractivity contribution is 5.28. The van der Waals surface area contributed by atoms with Crippen molar-refractivity contribution in [2.75, 3.05) is 26.7 Å². The van der Waals surface area contributed by atoms with E-state index in [1.165, 1.54) is 25.1 Å². The van der Waals surface area contributed by atoms with Crippen LogP contribution >= 0.6 is 0 Å². The molecule has 5 rings (SSSR count). The third-order valence-corrected chi connectivity index (χ3v) is 8.94. The van der Waals surface area contributed by atoms with Gasteiger partial charge in [0.1, 0.15) is 5.60 Å². The molecule has 5 aliphatic rings. The van der Waals surface area contributed by atoms with Gasteiger partial charge in [-0.15, -0.1) is 0 Å². The standard InChI is InChI=1S/C30H45NO3/c1-5-17-31-19-25(20-31)33-23-13-11-21(12-14-23)28-26-16-15-24(32-4)18-27(26)34-30(2,3)29(28)22-9-7-6-8-10-22/h6-9,11,13,21-25,28-29H,5,10,12,14-20H2,1-4H3/t21-,22+,23+,24+,28?,29+/m1/s1. The molecule has 1 fully saturated rings. The van der Waals surface area contributed by atoms with Gasteiger partial charge in [-0.25, -0.2) is 0 Å². The molecule has 0 bridgehead atoms. The summed E-state index contributed by atoms with van der Waals surface area (Å²) >= 11 is 0. The number of hydrogen-bond donors (Lipinski definition) is 0. The first-order valence-electron chi connectivity index (χ1n) is 13.8. The molecule has 0 aromatic carbocycles. The third kappa shape index (κ3) is 4.96. The van der Waals surface area contributed by atoms with Crippen molar-refractivity contribution in [3.8, 4) is 0 Å². The summed E-state index contributed by atoms with van der Waals surface area (Å²) in [5, 5.41) is 0. The molecular weight excluding hydrogens is 422 g/mol. The summed E-state index contributed by atoms with van der Waals surface area (Å²) in [5.74, 6) is 3.35. The second-order valence-electron chi connectivity index (χ2n) is 11.7. The van der Waals surface area contributed by atoms with Gasteiger partial charge < -0.3 is 14.2 Å². The summed E-state index contributed by atoms with van der Waals surface area (Å²) in [6.45, 7) is 10.3. The van der Waals surface area contributed by atoms with Crippen LogP contribution in [0.5, 0.6) is 0 Å². The monoisotopic (exact) mass is 467 g/mol. The fourth-order valence-electron chi connectivity index (χ4n) is 7.35. The van der Waals surface area contributed by atoms with Gasteiger partial charge in [-0.2, -0.15) is 0 Å². The average molecular weight is 468 g/mol. The molecule has 0 aromatic rings. The minimum Gasteiger partial charge on any atom is -0.492 e. The number of methoxy groups -OCH3 is 1. The lowest BCUT2D eigenvalue weighted by atomic mass is 9.59. The normalized spacial score (nSPS) is 37.9. The van der Waals surface area contributed by atoms with E-state index in [0.717, 1.165) is 45.2 Å². The Bertz CT molecular complexity index is 834. The van der Waals surface area contributed by atoms with Crippen molar-refractivity contribution in [3.63, 3.8) is 0 Å². The van der Waals surface area contributed by atoms with E-state index in [0.29, 0.717) is 35.9 Å². The molecule has 0 spiro atoms. The highest BCUT2D eigenvalue weighted by atomic mass is 16.5. The molecule has 34 heavy (non-hydrogen) atoms. The Hall–Kier alpha value is -1.36. The van der Waals surface area contributed by atoms with Crippen LogP contribution in [0.15, 0.2) is 47.8 Å². The minimum absolute atomic E-state index is 0.185. The smallest absolute Gasteiger partial charge is 0.107 e. The second-order valence-corrected chi connectivity index (χ2v) is 11.7. The molecule has 1 saturated heterocycles. The lowest BCUT2D eigenvalue weighted by Crippen LogP contribution is -2.53. The van der Waals surface area contributed by atoms with Crippen LogP contribution in [0, 0.1) is 23.7 Å². The molecule has 2 heterocycles.